The maximum absolute atomic E-state index is 12.6. The third kappa shape index (κ3) is 5.15. The van der Waals surface area contributed by atoms with Gasteiger partial charge < -0.3 is 24.8 Å². The number of hydrogen-bond acceptors (Lipinski definition) is 6. The number of halogens is 1. The fourth-order valence-electron chi connectivity index (χ4n) is 3.11. The van der Waals surface area contributed by atoms with Crippen molar-refractivity contribution in [2.45, 2.75) is 31.0 Å². The van der Waals surface area contributed by atoms with Crippen LogP contribution in [0.1, 0.15) is 23.8 Å². The lowest BCUT2D eigenvalue weighted by Gasteiger charge is -2.37. The Hall–Kier alpha value is -0.700. The fourth-order valence-corrected chi connectivity index (χ4v) is 3.84. The largest absolute Gasteiger partial charge is 0.387 e. The average Bonchev–Trinajstić information content (AvgIpc) is 3.11. The Labute approximate surface area is 152 Å². The summed E-state index contributed by atoms with van der Waals surface area (Å²) in [5.74, 6) is 0.111. The first kappa shape index (κ1) is 19.6. The molecule has 2 aliphatic rings. The van der Waals surface area contributed by atoms with Crippen molar-refractivity contribution in [1.82, 2.24) is 10.2 Å². The van der Waals surface area contributed by atoms with E-state index in [0.29, 0.717) is 45.8 Å². The molecule has 3 unspecified atom stereocenters. The molecule has 1 aromatic heterocycles. The Morgan fingerprint density at radius 2 is 2.25 bits per heavy atom. The van der Waals surface area contributed by atoms with Crippen LogP contribution in [-0.4, -0.2) is 67.5 Å². The van der Waals surface area contributed by atoms with Crippen LogP contribution in [0.3, 0.4) is 0 Å². The molecule has 136 valence electrons. The summed E-state index contributed by atoms with van der Waals surface area (Å²) in [4.78, 5) is 15.4. The monoisotopic (exact) mass is 376 g/mol. The summed E-state index contributed by atoms with van der Waals surface area (Å²) >= 11 is 1.54. The smallest absolute Gasteiger partial charge is 0.224 e. The van der Waals surface area contributed by atoms with Crippen molar-refractivity contribution in [3.63, 3.8) is 0 Å². The minimum atomic E-state index is -0.548. The van der Waals surface area contributed by atoms with E-state index in [1.807, 2.05) is 22.4 Å². The third-order valence-corrected chi connectivity index (χ3v) is 5.31. The van der Waals surface area contributed by atoms with Gasteiger partial charge in [-0.25, -0.2) is 0 Å². The van der Waals surface area contributed by atoms with E-state index in [1.54, 1.807) is 0 Å². The Balaban J connectivity index is 0.00000208. The van der Waals surface area contributed by atoms with Crippen LogP contribution in [0.4, 0.5) is 0 Å². The number of amides is 1. The first-order valence-electron chi connectivity index (χ1n) is 8.14. The molecule has 6 nitrogen and oxygen atoms in total. The summed E-state index contributed by atoms with van der Waals surface area (Å²) in [6, 6.07) is 3.87. The van der Waals surface area contributed by atoms with Crippen LogP contribution in [0, 0.1) is 0 Å². The van der Waals surface area contributed by atoms with Crippen molar-refractivity contribution in [2.75, 3.05) is 39.5 Å². The highest BCUT2D eigenvalue weighted by Gasteiger charge is 2.31. The zero-order valence-corrected chi connectivity index (χ0v) is 15.2. The van der Waals surface area contributed by atoms with Gasteiger partial charge >= 0.3 is 0 Å². The summed E-state index contributed by atoms with van der Waals surface area (Å²) in [7, 11) is 0. The Morgan fingerprint density at radius 3 is 2.96 bits per heavy atom. The second kappa shape index (κ2) is 9.70. The maximum Gasteiger partial charge on any atom is 0.224 e. The minimum Gasteiger partial charge on any atom is -0.387 e. The van der Waals surface area contributed by atoms with E-state index in [1.165, 1.54) is 11.3 Å². The molecule has 0 bridgehead atoms. The quantitative estimate of drug-likeness (QED) is 0.808. The van der Waals surface area contributed by atoms with Gasteiger partial charge in [0.25, 0.3) is 0 Å². The zero-order chi connectivity index (χ0) is 16.1. The molecule has 8 heteroatoms. The van der Waals surface area contributed by atoms with Gasteiger partial charge in [0.05, 0.1) is 38.6 Å². The normalized spacial score (nSPS) is 25.8. The highest BCUT2D eigenvalue weighted by atomic mass is 35.5. The predicted molar refractivity (Wildman–Crippen MR) is 94.7 cm³/mol. The number of aliphatic hydroxyl groups is 1. The van der Waals surface area contributed by atoms with Crippen LogP contribution in [0.15, 0.2) is 17.5 Å². The molecule has 2 fully saturated rings. The molecule has 3 heterocycles. The van der Waals surface area contributed by atoms with Gasteiger partial charge in [-0.2, -0.15) is 0 Å². The number of aliphatic hydroxyl groups excluding tert-OH is 1. The van der Waals surface area contributed by atoms with Crippen molar-refractivity contribution in [2.24, 2.45) is 0 Å². The van der Waals surface area contributed by atoms with E-state index in [0.717, 1.165) is 11.4 Å². The topological polar surface area (TPSA) is 71.0 Å². The minimum absolute atomic E-state index is 0. The van der Waals surface area contributed by atoms with Gasteiger partial charge in [-0.3, -0.25) is 4.79 Å². The third-order valence-electron chi connectivity index (χ3n) is 4.33. The van der Waals surface area contributed by atoms with Crippen molar-refractivity contribution < 1.29 is 19.4 Å². The number of nitrogens with zero attached hydrogens (tertiary/aromatic N) is 1. The summed E-state index contributed by atoms with van der Waals surface area (Å²) in [6.07, 6.45) is 0.403. The van der Waals surface area contributed by atoms with Crippen molar-refractivity contribution >= 4 is 29.7 Å². The first-order chi connectivity index (χ1) is 11.2. The molecule has 0 aromatic carbocycles. The van der Waals surface area contributed by atoms with E-state index < -0.39 is 6.10 Å². The molecule has 0 spiro atoms. The SMILES string of the molecule is Cl.O=C(CC1COCCN1)N1CCOCC1CC(O)c1cccs1. The van der Waals surface area contributed by atoms with E-state index in [2.05, 4.69) is 5.32 Å². The molecular formula is C16H25ClN2O4S. The van der Waals surface area contributed by atoms with Gasteiger partial charge in [-0.15, -0.1) is 23.7 Å². The van der Waals surface area contributed by atoms with Crippen molar-refractivity contribution in [3.8, 4) is 0 Å². The molecule has 1 aromatic rings. The Bertz CT molecular complexity index is 496. The Kier molecular flexibility index (Phi) is 7.93. The standard InChI is InChI=1S/C16H24N2O4S.ClH/c19-14(15-2-1-7-23-15)9-13-11-22-6-4-18(13)16(20)8-12-10-21-5-3-17-12;/h1-2,7,12-14,17,19H,3-6,8-11H2;1H. The zero-order valence-electron chi connectivity index (χ0n) is 13.6. The molecule has 0 saturated carbocycles. The molecule has 24 heavy (non-hydrogen) atoms. The van der Waals surface area contributed by atoms with Crippen LogP contribution in [0.25, 0.3) is 0 Å². The van der Waals surface area contributed by atoms with Crippen LogP contribution in [-0.2, 0) is 14.3 Å². The van der Waals surface area contributed by atoms with Crippen LogP contribution >= 0.6 is 23.7 Å². The van der Waals surface area contributed by atoms with Gasteiger partial charge in [-0.1, -0.05) is 6.07 Å². The van der Waals surface area contributed by atoms with Crippen LogP contribution < -0.4 is 5.32 Å². The average molecular weight is 377 g/mol. The number of morpholine rings is 2. The lowest BCUT2D eigenvalue weighted by atomic mass is 10.0. The maximum atomic E-state index is 12.6. The van der Waals surface area contributed by atoms with Crippen molar-refractivity contribution in [1.29, 1.82) is 0 Å². The van der Waals surface area contributed by atoms with Crippen LogP contribution in [0.2, 0.25) is 0 Å². The molecule has 3 atom stereocenters. The van der Waals surface area contributed by atoms with Gasteiger partial charge in [-0.05, 0) is 11.4 Å². The highest BCUT2D eigenvalue weighted by Crippen LogP contribution is 2.26. The lowest BCUT2D eigenvalue weighted by Crippen LogP contribution is -2.52. The summed E-state index contributed by atoms with van der Waals surface area (Å²) in [5, 5.41) is 15.6. The summed E-state index contributed by atoms with van der Waals surface area (Å²) in [6.45, 7) is 3.72. The first-order valence-corrected chi connectivity index (χ1v) is 9.02. The molecule has 2 N–H and O–H groups in total. The number of carbonyl (C=O) groups is 1. The number of hydrogen-bond donors (Lipinski definition) is 2. The number of thiophene rings is 1. The Morgan fingerprint density at radius 1 is 1.42 bits per heavy atom. The van der Waals surface area contributed by atoms with Crippen molar-refractivity contribution in [3.05, 3.63) is 22.4 Å². The molecular weight excluding hydrogens is 352 g/mol. The highest BCUT2D eigenvalue weighted by molar-refractivity contribution is 7.10. The van der Waals surface area contributed by atoms with E-state index in [9.17, 15) is 9.90 Å². The summed E-state index contributed by atoms with van der Waals surface area (Å²) < 4.78 is 10.9. The van der Waals surface area contributed by atoms with E-state index in [4.69, 9.17) is 9.47 Å². The fraction of sp³-hybridized carbons (Fsp3) is 0.688. The number of ether oxygens (including phenoxy) is 2. The molecule has 0 aliphatic carbocycles. The van der Waals surface area contributed by atoms with Gasteiger partial charge in [0.2, 0.25) is 5.91 Å². The molecule has 0 radical (unpaired) electrons. The van der Waals surface area contributed by atoms with E-state index >= 15 is 0 Å². The molecule has 1 amide bonds. The van der Waals surface area contributed by atoms with Gasteiger partial charge in [0, 0.05) is 36.9 Å². The van der Waals surface area contributed by atoms with Gasteiger partial charge in [0.15, 0.2) is 0 Å². The second-order valence-electron chi connectivity index (χ2n) is 6.01. The van der Waals surface area contributed by atoms with E-state index in [-0.39, 0.29) is 30.4 Å². The lowest BCUT2D eigenvalue weighted by molar-refractivity contribution is -0.142. The van der Waals surface area contributed by atoms with Crippen LogP contribution in [0.5, 0.6) is 0 Å². The van der Waals surface area contributed by atoms with Gasteiger partial charge in [0.1, 0.15) is 0 Å². The number of nitrogens with one attached hydrogen (secondary N) is 1. The molecule has 3 rings (SSSR count). The number of carbonyl (C=O) groups excluding carboxylic acids is 1. The second-order valence-corrected chi connectivity index (χ2v) is 6.99. The molecule has 2 saturated heterocycles. The number of rotatable bonds is 5. The predicted octanol–water partition coefficient (Wildman–Crippen LogP) is 1.20. The summed E-state index contributed by atoms with van der Waals surface area (Å²) in [5.41, 5.74) is 0. The molecule has 2 aliphatic heterocycles.